The van der Waals surface area contributed by atoms with Crippen molar-refractivity contribution in [1.29, 1.82) is 0 Å². The largest absolute Gasteiger partial charge is 0.497 e. The van der Waals surface area contributed by atoms with E-state index in [9.17, 15) is 9.59 Å². The van der Waals surface area contributed by atoms with Crippen LogP contribution < -0.4 is 21.1 Å². The number of amides is 2. The van der Waals surface area contributed by atoms with Crippen LogP contribution in [-0.2, 0) is 0 Å². The molecule has 0 saturated heterocycles. The molecule has 2 amide bonds. The number of halogens is 1. The zero-order valence-electron chi connectivity index (χ0n) is 14.4. The molecule has 0 aliphatic heterocycles. The number of nitrogens with two attached hydrogens (primary N) is 1. The number of anilines is 1. The molecule has 1 aromatic carbocycles. The Morgan fingerprint density at radius 1 is 1.19 bits per heavy atom. The molecule has 3 rings (SSSR count). The Morgan fingerprint density at radius 3 is 2.50 bits per heavy atom. The number of hydrogen-bond acceptors (Lipinski definition) is 5. The summed E-state index contributed by atoms with van der Waals surface area (Å²) in [6.45, 7) is 0.481. The second-order valence-electron chi connectivity index (χ2n) is 6.06. The highest BCUT2D eigenvalue weighted by Gasteiger charge is 2.28. The normalized spacial score (nSPS) is 14.1. The van der Waals surface area contributed by atoms with Gasteiger partial charge in [0, 0.05) is 18.2 Å². The second-order valence-corrected chi connectivity index (χ2v) is 7.14. The van der Waals surface area contributed by atoms with Crippen LogP contribution in [0.3, 0.4) is 0 Å². The molecular formula is C18H22ClN3O3S. The number of carbonyl (C=O) groups is 2. The molecule has 1 aliphatic carbocycles. The first-order chi connectivity index (χ1) is 12.1. The van der Waals surface area contributed by atoms with Crippen molar-refractivity contribution in [3.05, 3.63) is 46.8 Å². The van der Waals surface area contributed by atoms with Crippen molar-refractivity contribution in [2.75, 3.05) is 19.0 Å². The minimum atomic E-state index is -0.229. The number of nitrogens with one attached hydrogen (secondary N) is 2. The van der Waals surface area contributed by atoms with Crippen LogP contribution in [-0.4, -0.2) is 31.5 Å². The molecule has 140 valence electrons. The highest BCUT2D eigenvalue weighted by Crippen LogP contribution is 2.31. The van der Waals surface area contributed by atoms with Gasteiger partial charge in [-0.2, -0.15) is 0 Å². The number of hydrogen-bond donors (Lipinski definition) is 3. The molecule has 1 unspecified atom stereocenters. The van der Waals surface area contributed by atoms with E-state index in [0.29, 0.717) is 33.7 Å². The molecule has 8 heteroatoms. The SMILES string of the molecule is COc1ccc(C(=O)Nc2ccc(C(=O)NCC(N)C3CC3)s2)cc1.Cl. The number of rotatable bonds is 7. The quantitative estimate of drug-likeness (QED) is 0.671. The lowest BCUT2D eigenvalue weighted by atomic mass is 10.2. The summed E-state index contributed by atoms with van der Waals surface area (Å²) < 4.78 is 5.07. The lowest BCUT2D eigenvalue weighted by Gasteiger charge is -2.10. The van der Waals surface area contributed by atoms with Gasteiger partial charge in [-0.15, -0.1) is 23.7 Å². The van der Waals surface area contributed by atoms with Crippen molar-refractivity contribution in [2.24, 2.45) is 11.7 Å². The van der Waals surface area contributed by atoms with Gasteiger partial charge in [-0.3, -0.25) is 9.59 Å². The fourth-order valence-electron chi connectivity index (χ4n) is 2.44. The van der Waals surface area contributed by atoms with E-state index >= 15 is 0 Å². The van der Waals surface area contributed by atoms with Gasteiger partial charge < -0.3 is 21.1 Å². The smallest absolute Gasteiger partial charge is 0.261 e. The predicted molar refractivity (Wildman–Crippen MR) is 106 cm³/mol. The Bertz CT molecular complexity index is 759. The fraction of sp³-hybridized carbons (Fsp3) is 0.333. The van der Waals surface area contributed by atoms with Crippen LogP contribution in [0.15, 0.2) is 36.4 Å². The molecule has 0 radical (unpaired) electrons. The molecule has 26 heavy (non-hydrogen) atoms. The van der Waals surface area contributed by atoms with Crippen molar-refractivity contribution in [1.82, 2.24) is 5.32 Å². The number of carbonyl (C=O) groups excluding carboxylic acids is 2. The summed E-state index contributed by atoms with van der Waals surface area (Å²) in [5.74, 6) is 0.845. The summed E-state index contributed by atoms with van der Waals surface area (Å²) >= 11 is 1.24. The Kier molecular flexibility index (Phi) is 7.02. The number of benzene rings is 1. The Morgan fingerprint density at radius 2 is 1.88 bits per heavy atom. The summed E-state index contributed by atoms with van der Waals surface area (Å²) in [5, 5.41) is 6.27. The molecule has 6 nitrogen and oxygen atoms in total. The van der Waals surface area contributed by atoms with E-state index in [4.69, 9.17) is 10.5 Å². The third kappa shape index (κ3) is 5.20. The van der Waals surface area contributed by atoms with Crippen LogP contribution in [0.25, 0.3) is 0 Å². The van der Waals surface area contributed by atoms with Crippen LogP contribution in [0.2, 0.25) is 0 Å². The molecule has 1 atom stereocenters. The van der Waals surface area contributed by atoms with E-state index in [-0.39, 0.29) is 30.3 Å². The molecule has 0 spiro atoms. The zero-order valence-corrected chi connectivity index (χ0v) is 16.0. The number of thiophene rings is 1. The first kappa shape index (κ1) is 20.2. The molecule has 1 aromatic heterocycles. The predicted octanol–water partition coefficient (Wildman–Crippen LogP) is 2.90. The van der Waals surface area contributed by atoms with Crippen molar-refractivity contribution in [3.63, 3.8) is 0 Å². The highest BCUT2D eigenvalue weighted by molar-refractivity contribution is 7.18. The standard InChI is InChI=1S/C18H21N3O3S.ClH/c1-24-13-6-4-12(5-7-13)17(22)21-16-9-8-15(25-16)18(23)20-10-14(19)11-2-3-11;/h4-9,11,14H,2-3,10,19H2,1H3,(H,20,23)(H,21,22);1H. The molecule has 1 heterocycles. The van der Waals surface area contributed by atoms with Crippen LogP contribution >= 0.6 is 23.7 Å². The Hall–Kier alpha value is -2.09. The second kappa shape index (κ2) is 9.02. The van der Waals surface area contributed by atoms with Crippen LogP contribution in [0.4, 0.5) is 5.00 Å². The Labute approximate surface area is 162 Å². The summed E-state index contributed by atoms with van der Waals surface area (Å²) in [5.41, 5.74) is 6.51. The van der Waals surface area contributed by atoms with Crippen LogP contribution in [0, 0.1) is 5.92 Å². The summed E-state index contributed by atoms with van der Waals surface area (Å²) in [6.07, 6.45) is 2.30. The summed E-state index contributed by atoms with van der Waals surface area (Å²) in [7, 11) is 1.57. The third-order valence-electron chi connectivity index (χ3n) is 4.14. The first-order valence-corrected chi connectivity index (χ1v) is 8.97. The first-order valence-electron chi connectivity index (χ1n) is 8.16. The van der Waals surface area contributed by atoms with Crippen LogP contribution in [0.1, 0.15) is 32.9 Å². The molecule has 2 aromatic rings. The molecule has 0 bridgehead atoms. The monoisotopic (exact) mass is 395 g/mol. The van der Waals surface area contributed by atoms with Gasteiger partial charge in [0.1, 0.15) is 5.75 Å². The molecule has 1 fully saturated rings. The average Bonchev–Trinajstić information content (AvgIpc) is 3.39. The number of methoxy groups -OCH3 is 1. The van der Waals surface area contributed by atoms with E-state index in [1.165, 1.54) is 11.3 Å². The van der Waals surface area contributed by atoms with Crippen molar-refractivity contribution >= 4 is 40.6 Å². The zero-order chi connectivity index (χ0) is 17.8. The molecular weight excluding hydrogens is 374 g/mol. The lowest BCUT2D eigenvalue weighted by Crippen LogP contribution is -2.38. The maximum absolute atomic E-state index is 12.2. The maximum atomic E-state index is 12.2. The third-order valence-corrected chi connectivity index (χ3v) is 5.14. The maximum Gasteiger partial charge on any atom is 0.261 e. The Balaban J connectivity index is 0.00000243. The van der Waals surface area contributed by atoms with Crippen molar-refractivity contribution in [3.8, 4) is 5.75 Å². The van der Waals surface area contributed by atoms with E-state index in [2.05, 4.69) is 10.6 Å². The highest BCUT2D eigenvalue weighted by atomic mass is 35.5. The topological polar surface area (TPSA) is 93.4 Å². The minimum absolute atomic E-state index is 0. The van der Waals surface area contributed by atoms with E-state index in [1.807, 2.05) is 0 Å². The summed E-state index contributed by atoms with van der Waals surface area (Å²) in [4.78, 5) is 24.9. The fourth-order valence-corrected chi connectivity index (χ4v) is 3.26. The average molecular weight is 396 g/mol. The van der Waals surface area contributed by atoms with Gasteiger partial charge in [-0.1, -0.05) is 0 Å². The van der Waals surface area contributed by atoms with E-state index < -0.39 is 0 Å². The van der Waals surface area contributed by atoms with Crippen molar-refractivity contribution < 1.29 is 14.3 Å². The van der Waals surface area contributed by atoms with Gasteiger partial charge >= 0.3 is 0 Å². The van der Waals surface area contributed by atoms with Crippen LogP contribution in [0.5, 0.6) is 5.75 Å². The van der Waals surface area contributed by atoms with Gasteiger partial charge in [0.15, 0.2) is 0 Å². The van der Waals surface area contributed by atoms with Gasteiger partial charge in [-0.05, 0) is 55.2 Å². The van der Waals surface area contributed by atoms with E-state index in [1.54, 1.807) is 43.5 Å². The molecule has 1 saturated carbocycles. The van der Waals surface area contributed by atoms with Crippen molar-refractivity contribution in [2.45, 2.75) is 18.9 Å². The van der Waals surface area contributed by atoms with Gasteiger partial charge in [0.05, 0.1) is 17.0 Å². The van der Waals surface area contributed by atoms with Gasteiger partial charge in [0.2, 0.25) is 0 Å². The van der Waals surface area contributed by atoms with Gasteiger partial charge in [0.25, 0.3) is 11.8 Å². The molecule has 4 N–H and O–H groups in total. The van der Waals surface area contributed by atoms with E-state index in [0.717, 1.165) is 12.8 Å². The molecule has 1 aliphatic rings. The minimum Gasteiger partial charge on any atom is -0.497 e. The summed E-state index contributed by atoms with van der Waals surface area (Å²) in [6, 6.07) is 10.3. The van der Waals surface area contributed by atoms with Gasteiger partial charge in [-0.25, -0.2) is 0 Å². The number of ether oxygens (including phenoxy) is 1. The lowest BCUT2D eigenvalue weighted by molar-refractivity contribution is 0.0953.